The van der Waals surface area contributed by atoms with Crippen LogP contribution in [0.5, 0.6) is 0 Å². The minimum Gasteiger partial charge on any atom is -0.483 e. The molecule has 9 nitrogen and oxygen atoms in total. The molecule has 10 heteroatoms. The van der Waals surface area contributed by atoms with Gasteiger partial charge in [0.1, 0.15) is 5.01 Å². The lowest BCUT2D eigenvalue weighted by molar-refractivity contribution is -0.126. The molecule has 2 amide bonds. The minimum atomic E-state index is -0.355. The van der Waals surface area contributed by atoms with Crippen molar-refractivity contribution >= 4 is 34.8 Å². The lowest BCUT2D eigenvalue weighted by Crippen LogP contribution is -2.49. The van der Waals surface area contributed by atoms with Crippen molar-refractivity contribution in [3.05, 3.63) is 40.9 Å². The summed E-state index contributed by atoms with van der Waals surface area (Å²) in [4.78, 5) is 37.0. The largest absolute Gasteiger partial charge is 0.483 e. The molecule has 3 rings (SSSR count). The Labute approximate surface area is 186 Å². The Morgan fingerprint density at radius 1 is 1.32 bits per heavy atom. The molecule has 1 aromatic heterocycles. The molecule has 2 N–H and O–H groups in total. The van der Waals surface area contributed by atoms with Crippen molar-refractivity contribution < 1.29 is 19.5 Å². The maximum absolute atomic E-state index is 12.5. The number of rotatable bonds is 7. The van der Waals surface area contributed by atoms with E-state index in [0.29, 0.717) is 24.6 Å². The second-order valence-electron chi connectivity index (χ2n) is 8.08. The summed E-state index contributed by atoms with van der Waals surface area (Å²) in [5.41, 5.74) is 1.00. The van der Waals surface area contributed by atoms with E-state index < -0.39 is 0 Å². The van der Waals surface area contributed by atoms with Crippen molar-refractivity contribution in [3.8, 4) is 0 Å². The number of likely N-dealkylation sites (N-methyl/N-ethyl adjacent to an activating group) is 1. The van der Waals surface area contributed by atoms with Gasteiger partial charge >= 0.3 is 0 Å². The molecule has 1 aliphatic rings. The van der Waals surface area contributed by atoms with Gasteiger partial charge in [-0.3, -0.25) is 19.3 Å². The number of hydrogen-bond donors (Lipinski definition) is 2. The number of amides is 2. The van der Waals surface area contributed by atoms with E-state index in [1.807, 2.05) is 44.4 Å². The number of benzene rings is 1. The van der Waals surface area contributed by atoms with E-state index in [9.17, 15) is 9.59 Å². The molecule has 1 aliphatic heterocycles. The first-order valence-corrected chi connectivity index (χ1v) is 10.7. The standard InChI is InChI=1S/C20H27N5O2S.CH2O2/c1-20(2,24(3)4)13-21-18(27)15-11-17(26)25(12-15)19-23-22-16(28-19)10-14-8-6-5-7-9-14;2-1-3/h5-9,15H,10-13H2,1-4H3,(H,21,27);1H,(H,2,3). The molecule has 0 saturated carbocycles. The Bertz CT molecular complexity index is 885. The fourth-order valence-electron chi connectivity index (χ4n) is 2.87. The Hall–Kier alpha value is -2.85. The molecule has 2 aromatic rings. The molecule has 0 radical (unpaired) electrons. The van der Waals surface area contributed by atoms with Gasteiger partial charge in [0.15, 0.2) is 0 Å². The number of carboxylic acid groups (broad SMARTS) is 1. The Morgan fingerprint density at radius 2 is 1.97 bits per heavy atom. The molecule has 0 spiro atoms. The van der Waals surface area contributed by atoms with E-state index in [-0.39, 0.29) is 36.2 Å². The lowest BCUT2D eigenvalue weighted by atomic mass is 10.0. The number of anilines is 1. The molecule has 1 saturated heterocycles. The van der Waals surface area contributed by atoms with Crippen LogP contribution < -0.4 is 10.2 Å². The highest BCUT2D eigenvalue weighted by Crippen LogP contribution is 2.29. The van der Waals surface area contributed by atoms with Crippen LogP contribution in [0.2, 0.25) is 0 Å². The van der Waals surface area contributed by atoms with Gasteiger partial charge in [-0.2, -0.15) is 0 Å². The van der Waals surface area contributed by atoms with Crippen LogP contribution in [0.15, 0.2) is 30.3 Å². The normalized spacial score (nSPS) is 16.1. The van der Waals surface area contributed by atoms with Crippen LogP contribution in [-0.2, 0) is 20.8 Å². The van der Waals surface area contributed by atoms with E-state index in [1.54, 1.807) is 4.90 Å². The molecule has 1 atom stereocenters. The van der Waals surface area contributed by atoms with Crippen LogP contribution in [-0.4, -0.2) is 71.2 Å². The molecular weight excluding hydrogens is 418 g/mol. The van der Waals surface area contributed by atoms with Gasteiger partial charge in [0.25, 0.3) is 6.47 Å². The van der Waals surface area contributed by atoms with Gasteiger partial charge in [0.05, 0.1) is 5.92 Å². The van der Waals surface area contributed by atoms with Crippen molar-refractivity contribution in [2.24, 2.45) is 5.92 Å². The predicted molar refractivity (Wildman–Crippen MR) is 119 cm³/mol. The average Bonchev–Trinajstić information content (AvgIpc) is 3.34. The van der Waals surface area contributed by atoms with Crippen molar-refractivity contribution in [1.29, 1.82) is 0 Å². The quantitative estimate of drug-likeness (QED) is 0.620. The van der Waals surface area contributed by atoms with Gasteiger partial charge in [0.2, 0.25) is 16.9 Å². The summed E-state index contributed by atoms with van der Waals surface area (Å²) in [6.07, 6.45) is 0.895. The van der Waals surface area contributed by atoms with Gasteiger partial charge in [-0.1, -0.05) is 41.7 Å². The van der Waals surface area contributed by atoms with Crippen LogP contribution in [0.1, 0.15) is 30.8 Å². The first-order valence-electron chi connectivity index (χ1n) is 9.87. The fourth-order valence-corrected chi connectivity index (χ4v) is 3.77. The van der Waals surface area contributed by atoms with Crippen LogP contribution in [0.3, 0.4) is 0 Å². The number of nitrogens with zero attached hydrogens (tertiary/aromatic N) is 4. The Balaban J connectivity index is 0.00000107. The second-order valence-corrected chi connectivity index (χ2v) is 9.12. The molecule has 1 fully saturated rings. The first kappa shape index (κ1) is 24.4. The van der Waals surface area contributed by atoms with Crippen LogP contribution >= 0.6 is 11.3 Å². The highest BCUT2D eigenvalue weighted by Gasteiger charge is 2.37. The molecule has 168 valence electrons. The highest BCUT2D eigenvalue weighted by atomic mass is 32.1. The number of aromatic nitrogens is 2. The van der Waals surface area contributed by atoms with E-state index >= 15 is 0 Å². The van der Waals surface area contributed by atoms with Crippen LogP contribution in [0.4, 0.5) is 5.13 Å². The highest BCUT2D eigenvalue weighted by molar-refractivity contribution is 7.15. The van der Waals surface area contributed by atoms with Crippen molar-refractivity contribution in [2.45, 2.75) is 32.2 Å². The van der Waals surface area contributed by atoms with E-state index in [2.05, 4.69) is 34.3 Å². The predicted octanol–water partition coefficient (Wildman–Crippen LogP) is 1.64. The summed E-state index contributed by atoms with van der Waals surface area (Å²) in [5.74, 6) is -0.513. The zero-order chi connectivity index (χ0) is 23.0. The topological polar surface area (TPSA) is 116 Å². The van der Waals surface area contributed by atoms with Gasteiger partial charge < -0.3 is 15.3 Å². The lowest BCUT2D eigenvalue weighted by Gasteiger charge is -2.33. The minimum absolute atomic E-state index is 0.0746. The molecule has 1 unspecified atom stereocenters. The van der Waals surface area contributed by atoms with E-state index in [4.69, 9.17) is 9.90 Å². The SMILES string of the molecule is CN(C)C(C)(C)CNC(=O)C1CC(=O)N(c2nnc(Cc3ccccc3)s2)C1.O=CO. The monoisotopic (exact) mass is 447 g/mol. The third-order valence-corrected chi connectivity index (χ3v) is 6.23. The Morgan fingerprint density at radius 3 is 2.58 bits per heavy atom. The molecule has 1 aromatic carbocycles. The van der Waals surface area contributed by atoms with Gasteiger partial charge in [0, 0.05) is 31.5 Å². The third-order valence-electron chi connectivity index (χ3n) is 5.29. The third kappa shape index (κ3) is 6.83. The van der Waals surface area contributed by atoms with Crippen LogP contribution in [0.25, 0.3) is 0 Å². The molecule has 31 heavy (non-hydrogen) atoms. The summed E-state index contributed by atoms with van der Waals surface area (Å²) in [6, 6.07) is 10.0. The molecule has 2 heterocycles. The maximum Gasteiger partial charge on any atom is 0.290 e. The fraction of sp³-hybridized carbons (Fsp3) is 0.476. The average molecular weight is 448 g/mol. The van der Waals surface area contributed by atoms with Crippen molar-refractivity contribution in [3.63, 3.8) is 0 Å². The summed E-state index contributed by atoms with van der Waals surface area (Å²) in [6.45, 7) is 4.76. The van der Waals surface area contributed by atoms with E-state index in [1.165, 1.54) is 11.3 Å². The molecule has 0 bridgehead atoms. The first-order chi connectivity index (χ1) is 14.7. The van der Waals surface area contributed by atoms with Gasteiger partial charge in [-0.25, -0.2) is 0 Å². The Kier molecular flexibility index (Phi) is 8.64. The summed E-state index contributed by atoms with van der Waals surface area (Å²) < 4.78 is 0. The zero-order valence-electron chi connectivity index (χ0n) is 18.2. The summed E-state index contributed by atoms with van der Waals surface area (Å²) in [5, 5.41) is 19.7. The summed E-state index contributed by atoms with van der Waals surface area (Å²) >= 11 is 1.41. The van der Waals surface area contributed by atoms with Crippen LogP contribution in [0, 0.1) is 5.92 Å². The summed E-state index contributed by atoms with van der Waals surface area (Å²) in [7, 11) is 3.96. The number of carbonyl (C=O) groups excluding carboxylic acids is 2. The van der Waals surface area contributed by atoms with Gasteiger partial charge in [-0.15, -0.1) is 10.2 Å². The van der Waals surface area contributed by atoms with Crippen molar-refractivity contribution in [2.75, 3.05) is 32.1 Å². The second kappa shape index (κ2) is 11.0. The maximum atomic E-state index is 12.5. The number of nitrogens with one attached hydrogen (secondary N) is 1. The molecular formula is C21H29N5O4S. The number of carbonyl (C=O) groups is 3. The molecule has 0 aliphatic carbocycles. The smallest absolute Gasteiger partial charge is 0.290 e. The zero-order valence-corrected chi connectivity index (χ0v) is 19.1. The number of hydrogen-bond acceptors (Lipinski definition) is 7. The van der Waals surface area contributed by atoms with E-state index in [0.717, 1.165) is 10.6 Å². The van der Waals surface area contributed by atoms with Crippen molar-refractivity contribution in [1.82, 2.24) is 20.4 Å². The van der Waals surface area contributed by atoms with Gasteiger partial charge in [-0.05, 0) is 33.5 Å².